The number of hydrogen-bond donors (Lipinski definition) is 0. The summed E-state index contributed by atoms with van der Waals surface area (Å²) in [6.45, 7) is 5.86. The molecule has 32 heavy (non-hydrogen) atoms. The molecule has 1 saturated heterocycles. The fraction of sp³-hybridized carbons (Fsp3) is 0.964. The molecule has 1 aliphatic heterocycles. The van der Waals surface area contributed by atoms with E-state index in [-0.39, 0.29) is 9.52 Å². The molecule has 0 radical (unpaired) electrons. The molecule has 0 amide bonds. The van der Waals surface area contributed by atoms with Crippen LogP contribution in [-0.4, -0.2) is 29.8 Å². The van der Waals surface area contributed by atoms with E-state index in [0.29, 0.717) is 4.85 Å². The van der Waals surface area contributed by atoms with Gasteiger partial charge in [0.05, 0.1) is 24.4 Å². The van der Waals surface area contributed by atoms with Crippen molar-refractivity contribution in [1.82, 2.24) is 0 Å². The Morgan fingerprint density at radius 1 is 0.781 bits per heavy atom. The van der Waals surface area contributed by atoms with Gasteiger partial charge in [-0.1, -0.05) is 128 Å². The molecule has 0 aromatic rings. The predicted octanol–water partition coefficient (Wildman–Crippen LogP) is 8.43. The molecule has 0 aromatic heterocycles. The molecule has 0 bridgehead atoms. The Bertz CT molecular complexity index is 445. The zero-order valence-electron chi connectivity index (χ0n) is 22.1. The van der Waals surface area contributed by atoms with Gasteiger partial charge in [0.25, 0.3) is 0 Å². The van der Waals surface area contributed by atoms with Gasteiger partial charge < -0.3 is 4.74 Å². The highest BCUT2D eigenvalue weighted by molar-refractivity contribution is 6.73. The Hall–Kier alpha value is -0.116. The molecule has 0 saturated carbocycles. The molecule has 0 N–H and O–H groups in total. The van der Waals surface area contributed by atoms with E-state index in [1.54, 1.807) is 0 Å². The number of nitriles is 1. The monoisotopic (exact) mass is 479 g/mol. The zero-order chi connectivity index (χ0) is 23.2. The molecule has 0 aliphatic carbocycles. The Balaban J connectivity index is 1.95. The van der Waals surface area contributed by atoms with Gasteiger partial charge in [0.15, 0.2) is 0 Å². The summed E-state index contributed by atoms with van der Waals surface area (Å²) in [5, 5.41) is 8.86. The van der Waals surface area contributed by atoms with Crippen LogP contribution in [0.25, 0.3) is 0 Å². The van der Waals surface area contributed by atoms with E-state index in [0.717, 1.165) is 19.4 Å². The van der Waals surface area contributed by atoms with Gasteiger partial charge in [-0.3, -0.25) is 0 Å². The van der Waals surface area contributed by atoms with Crippen LogP contribution in [0.4, 0.5) is 0 Å². The fourth-order valence-corrected chi connectivity index (χ4v) is 13.2. The van der Waals surface area contributed by atoms with Crippen LogP contribution in [0.1, 0.15) is 142 Å². The maximum atomic E-state index is 8.86. The second kappa shape index (κ2) is 21.4. The van der Waals surface area contributed by atoms with Gasteiger partial charge in [0.1, 0.15) is 0 Å². The van der Waals surface area contributed by atoms with Gasteiger partial charge >= 0.3 is 0 Å². The van der Waals surface area contributed by atoms with Gasteiger partial charge in [-0.15, -0.1) is 0 Å². The third kappa shape index (κ3) is 14.9. The molecule has 1 fully saturated rings. The number of rotatable bonds is 22. The van der Waals surface area contributed by atoms with Crippen LogP contribution in [0, 0.1) is 11.3 Å². The van der Waals surface area contributed by atoms with E-state index in [2.05, 4.69) is 19.5 Å². The molecule has 1 heterocycles. The summed E-state index contributed by atoms with van der Waals surface area (Å²) < 4.78 is 6.53. The first-order chi connectivity index (χ1) is 15.7. The second-order valence-electron chi connectivity index (χ2n) is 10.7. The lowest BCUT2D eigenvalue weighted by Gasteiger charge is -2.42. The van der Waals surface area contributed by atoms with Crippen LogP contribution in [0.3, 0.4) is 0 Å². The van der Waals surface area contributed by atoms with Crippen molar-refractivity contribution >= 4 is 18.3 Å². The third-order valence-corrected chi connectivity index (χ3v) is 16.7. The van der Waals surface area contributed by atoms with E-state index < -0.39 is 8.80 Å². The Kier molecular flexibility index (Phi) is 20.0. The first kappa shape index (κ1) is 29.9. The molecule has 188 valence electrons. The van der Waals surface area contributed by atoms with E-state index in [1.807, 2.05) is 0 Å². The molecule has 0 aromatic carbocycles. The Labute approximate surface area is 206 Å². The highest BCUT2D eigenvalue weighted by atomic mass is 28.3. The minimum atomic E-state index is -0.859. The lowest BCUT2D eigenvalue weighted by Crippen LogP contribution is -2.53. The number of unbranched alkanes of at least 4 members (excludes halogenated alkanes) is 16. The van der Waals surface area contributed by atoms with Crippen molar-refractivity contribution in [2.75, 3.05) is 6.61 Å². The maximum Gasteiger partial charge on any atom is 0.0676 e. The van der Waals surface area contributed by atoms with E-state index in [4.69, 9.17) is 10.00 Å². The van der Waals surface area contributed by atoms with Crippen LogP contribution >= 0.6 is 0 Å². The lowest BCUT2D eigenvalue weighted by molar-refractivity contribution is 0.0302. The van der Waals surface area contributed by atoms with Gasteiger partial charge in [-0.25, -0.2) is 0 Å². The van der Waals surface area contributed by atoms with E-state index in [1.165, 1.54) is 134 Å². The van der Waals surface area contributed by atoms with Crippen molar-refractivity contribution in [3.05, 3.63) is 0 Å². The second-order valence-corrected chi connectivity index (χ2v) is 17.4. The van der Waals surface area contributed by atoms with Crippen LogP contribution < -0.4 is 0 Å². The van der Waals surface area contributed by atoms with E-state index >= 15 is 0 Å². The van der Waals surface area contributed by atoms with Gasteiger partial charge in [0.2, 0.25) is 0 Å². The third-order valence-electron chi connectivity index (χ3n) is 7.91. The van der Waals surface area contributed by atoms with Crippen LogP contribution in [0.15, 0.2) is 0 Å². The fourth-order valence-electron chi connectivity index (χ4n) is 5.61. The smallest absolute Gasteiger partial charge is 0.0676 e. The van der Waals surface area contributed by atoms with Crippen molar-refractivity contribution < 1.29 is 4.74 Å². The SMILES string of the molecule is CCCCCCCCCCCCCCCCCC[SiH2]C1([SiH](C)CCCC#N)CCCCO1. The normalized spacial score (nSPS) is 20.0. The summed E-state index contributed by atoms with van der Waals surface area (Å²) in [6, 6.07) is 5.15. The first-order valence-electron chi connectivity index (χ1n) is 14.8. The van der Waals surface area contributed by atoms with Crippen LogP contribution in [0.5, 0.6) is 0 Å². The first-order valence-corrected chi connectivity index (χ1v) is 19.0. The Morgan fingerprint density at radius 3 is 1.78 bits per heavy atom. The highest BCUT2D eigenvalue weighted by Crippen LogP contribution is 2.30. The molecule has 2 atom stereocenters. The van der Waals surface area contributed by atoms with Crippen molar-refractivity contribution in [2.45, 2.75) is 165 Å². The molecule has 2 unspecified atom stereocenters. The molecule has 1 aliphatic rings. The van der Waals surface area contributed by atoms with E-state index in [9.17, 15) is 0 Å². The molecule has 1 rings (SSSR count). The number of nitrogens with zero attached hydrogens (tertiary/aromatic N) is 1. The maximum absolute atomic E-state index is 8.86. The highest BCUT2D eigenvalue weighted by Gasteiger charge is 2.38. The summed E-state index contributed by atoms with van der Waals surface area (Å²) in [4.78, 5) is 0.392. The molecule has 2 nitrogen and oxygen atoms in total. The number of hydrogen-bond acceptors (Lipinski definition) is 2. The molecule has 0 spiro atoms. The zero-order valence-corrected chi connectivity index (χ0v) is 24.7. The molecular formula is C28H57NOSi2. The topological polar surface area (TPSA) is 33.0 Å². The largest absolute Gasteiger partial charge is 0.383 e. The number of ether oxygens (including phenoxy) is 1. The minimum Gasteiger partial charge on any atom is -0.383 e. The molecule has 4 heteroatoms. The summed E-state index contributed by atoms with van der Waals surface area (Å²) >= 11 is 0. The quantitative estimate of drug-likeness (QED) is 0.115. The average molecular weight is 480 g/mol. The summed E-state index contributed by atoms with van der Waals surface area (Å²) in [5.74, 6) is 0. The van der Waals surface area contributed by atoms with Gasteiger partial charge in [-0.2, -0.15) is 5.26 Å². The van der Waals surface area contributed by atoms with Crippen molar-refractivity contribution in [1.29, 1.82) is 5.26 Å². The summed E-state index contributed by atoms with van der Waals surface area (Å²) in [5.41, 5.74) is 0. The van der Waals surface area contributed by atoms with Crippen molar-refractivity contribution in [3.63, 3.8) is 0 Å². The van der Waals surface area contributed by atoms with Gasteiger partial charge in [-0.05, 0) is 25.7 Å². The van der Waals surface area contributed by atoms with Crippen molar-refractivity contribution in [2.24, 2.45) is 0 Å². The van der Waals surface area contributed by atoms with Crippen LogP contribution in [-0.2, 0) is 4.74 Å². The minimum absolute atomic E-state index is 0.131. The average Bonchev–Trinajstić information content (AvgIpc) is 2.81. The van der Waals surface area contributed by atoms with Gasteiger partial charge in [0, 0.05) is 17.9 Å². The summed E-state index contributed by atoms with van der Waals surface area (Å²) in [6.07, 6.45) is 29.2. The predicted molar refractivity (Wildman–Crippen MR) is 148 cm³/mol. The Morgan fingerprint density at radius 2 is 1.31 bits per heavy atom. The van der Waals surface area contributed by atoms with Crippen molar-refractivity contribution in [3.8, 4) is 6.07 Å². The molecular weight excluding hydrogens is 422 g/mol. The van der Waals surface area contributed by atoms with Crippen LogP contribution in [0.2, 0.25) is 18.6 Å². The summed E-state index contributed by atoms with van der Waals surface area (Å²) in [7, 11) is -0.990. The lowest BCUT2D eigenvalue weighted by atomic mass is 10.0. The standard InChI is InChI=1S/C28H57NOSi2/c1-3-4-5-6-7-8-9-10-11-12-13-14-15-16-17-21-26-31-28(23-18-20-25-30-28)32(2)27-22-19-24-29/h32H,3-23,25-27,31H2,1-2H3.